The molecule has 1 atom stereocenters. The Labute approximate surface area is 149 Å². The predicted octanol–water partition coefficient (Wildman–Crippen LogP) is 2.95. The molecule has 1 unspecified atom stereocenters. The van der Waals surface area contributed by atoms with Crippen molar-refractivity contribution < 1.29 is 5.11 Å². The monoisotopic (exact) mass is 353 g/mol. The number of aliphatic hydroxyl groups is 1. The molecule has 0 amide bonds. The van der Waals surface area contributed by atoms with E-state index < -0.39 is 6.10 Å². The van der Waals surface area contributed by atoms with Crippen LogP contribution in [0.2, 0.25) is 0 Å². The van der Waals surface area contributed by atoms with Crippen molar-refractivity contribution in [3.8, 4) is 10.4 Å². The summed E-state index contributed by atoms with van der Waals surface area (Å²) in [5.41, 5.74) is 10.3. The lowest BCUT2D eigenvalue weighted by Gasteiger charge is -2.09. The number of hydrogen-bond acceptors (Lipinski definition) is 6. The number of benzene rings is 1. The molecular formula is C18H19N5OS. The SMILES string of the molecule is CNc1nc2cc(-c3cccc(C(O)CN)c3)sc2n2c(C)cnc12. The molecule has 0 spiro atoms. The van der Waals surface area contributed by atoms with Gasteiger partial charge in [-0.25, -0.2) is 9.97 Å². The number of anilines is 1. The molecule has 0 bridgehead atoms. The molecule has 3 heterocycles. The lowest BCUT2D eigenvalue weighted by Crippen LogP contribution is -2.11. The van der Waals surface area contributed by atoms with Crippen LogP contribution >= 0.6 is 11.3 Å². The van der Waals surface area contributed by atoms with Crippen molar-refractivity contribution >= 4 is 33.1 Å². The number of rotatable bonds is 4. The van der Waals surface area contributed by atoms with Crippen molar-refractivity contribution in [3.63, 3.8) is 0 Å². The van der Waals surface area contributed by atoms with Crippen molar-refractivity contribution in [2.24, 2.45) is 5.73 Å². The standard InChI is InChI=1S/C18H19N5OS/c1-10-9-21-17-16(20-2)22-13-7-15(25-18(13)23(10)17)12-5-3-4-11(6-12)14(24)8-19/h3-7,9,14,24H,8,19H2,1-2H3,(H,20,22). The van der Waals surface area contributed by atoms with Crippen molar-refractivity contribution in [2.45, 2.75) is 13.0 Å². The van der Waals surface area contributed by atoms with E-state index in [9.17, 15) is 5.11 Å². The lowest BCUT2D eigenvalue weighted by atomic mass is 10.1. The van der Waals surface area contributed by atoms with E-state index in [1.807, 2.05) is 44.4 Å². The van der Waals surface area contributed by atoms with Crippen LogP contribution in [0.1, 0.15) is 17.4 Å². The Balaban J connectivity index is 1.93. The summed E-state index contributed by atoms with van der Waals surface area (Å²) >= 11 is 1.67. The number of nitrogens with one attached hydrogen (secondary N) is 1. The number of hydrogen-bond donors (Lipinski definition) is 3. The molecule has 7 heteroatoms. The van der Waals surface area contributed by atoms with Gasteiger partial charge >= 0.3 is 0 Å². The van der Waals surface area contributed by atoms with Crippen LogP contribution in [0.5, 0.6) is 0 Å². The average molecular weight is 353 g/mol. The fraction of sp³-hybridized carbons (Fsp3) is 0.222. The summed E-state index contributed by atoms with van der Waals surface area (Å²) in [7, 11) is 1.85. The second kappa shape index (κ2) is 6.11. The second-order valence-electron chi connectivity index (χ2n) is 5.95. The summed E-state index contributed by atoms with van der Waals surface area (Å²) in [6, 6.07) is 9.93. The van der Waals surface area contributed by atoms with Gasteiger partial charge in [0.2, 0.25) is 0 Å². The van der Waals surface area contributed by atoms with Gasteiger partial charge in [-0.2, -0.15) is 0 Å². The Morgan fingerprint density at radius 1 is 1.36 bits per heavy atom. The van der Waals surface area contributed by atoms with E-state index >= 15 is 0 Å². The first-order valence-electron chi connectivity index (χ1n) is 8.06. The molecule has 128 valence electrons. The van der Waals surface area contributed by atoms with Crippen LogP contribution in [0.4, 0.5) is 5.82 Å². The van der Waals surface area contributed by atoms with Gasteiger partial charge in [-0.3, -0.25) is 4.40 Å². The average Bonchev–Trinajstić information content (AvgIpc) is 3.24. The van der Waals surface area contributed by atoms with E-state index in [2.05, 4.69) is 20.8 Å². The summed E-state index contributed by atoms with van der Waals surface area (Å²) in [5, 5.41) is 13.1. The van der Waals surface area contributed by atoms with Crippen LogP contribution < -0.4 is 11.1 Å². The zero-order chi connectivity index (χ0) is 17.6. The largest absolute Gasteiger partial charge is 0.387 e. The molecule has 4 N–H and O–H groups in total. The quantitative estimate of drug-likeness (QED) is 0.525. The van der Waals surface area contributed by atoms with E-state index in [0.29, 0.717) is 0 Å². The number of nitrogens with two attached hydrogens (primary N) is 1. The Hall–Kier alpha value is -2.48. The van der Waals surface area contributed by atoms with Crippen molar-refractivity contribution in [1.82, 2.24) is 14.4 Å². The number of thiophene rings is 1. The maximum Gasteiger partial charge on any atom is 0.181 e. The summed E-state index contributed by atoms with van der Waals surface area (Å²) in [5.74, 6) is 0.761. The fourth-order valence-electron chi connectivity index (χ4n) is 2.99. The molecule has 0 aliphatic carbocycles. The highest BCUT2D eigenvalue weighted by Gasteiger charge is 2.15. The Kier molecular flexibility index (Phi) is 3.91. The molecule has 0 aliphatic rings. The van der Waals surface area contributed by atoms with Gasteiger partial charge in [-0.1, -0.05) is 18.2 Å². The first kappa shape index (κ1) is 16.0. The Morgan fingerprint density at radius 3 is 2.96 bits per heavy atom. The van der Waals surface area contributed by atoms with Crippen molar-refractivity contribution in [1.29, 1.82) is 0 Å². The highest BCUT2D eigenvalue weighted by molar-refractivity contribution is 7.21. The number of aryl methyl sites for hydroxylation is 1. The maximum atomic E-state index is 10.0. The normalized spacial score (nSPS) is 12.8. The minimum atomic E-state index is -0.647. The van der Waals surface area contributed by atoms with Gasteiger partial charge in [0, 0.05) is 30.4 Å². The topological polar surface area (TPSA) is 88.5 Å². The van der Waals surface area contributed by atoms with Gasteiger partial charge in [0.1, 0.15) is 10.3 Å². The summed E-state index contributed by atoms with van der Waals surface area (Å²) in [6.07, 6.45) is 1.21. The van der Waals surface area contributed by atoms with Crippen LogP contribution in [0.25, 0.3) is 26.4 Å². The minimum Gasteiger partial charge on any atom is -0.387 e. The first-order valence-corrected chi connectivity index (χ1v) is 8.88. The molecule has 0 saturated carbocycles. The third kappa shape index (κ3) is 2.57. The van der Waals surface area contributed by atoms with Crippen LogP contribution in [0.3, 0.4) is 0 Å². The van der Waals surface area contributed by atoms with Crippen LogP contribution in [0, 0.1) is 6.92 Å². The smallest absolute Gasteiger partial charge is 0.181 e. The number of fused-ring (bicyclic) bond motifs is 3. The van der Waals surface area contributed by atoms with E-state index in [1.165, 1.54) is 0 Å². The predicted molar refractivity (Wildman–Crippen MR) is 102 cm³/mol. The van der Waals surface area contributed by atoms with Gasteiger partial charge in [0.05, 0.1) is 6.10 Å². The Bertz CT molecular complexity index is 1070. The highest BCUT2D eigenvalue weighted by Crippen LogP contribution is 2.35. The van der Waals surface area contributed by atoms with E-state index in [-0.39, 0.29) is 6.54 Å². The summed E-state index contributed by atoms with van der Waals surface area (Å²) in [6.45, 7) is 2.24. The highest BCUT2D eigenvalue weighted by atomic mass is 32.1. The number of imidazole rings is 1. The molecule has 0 fully saturated rings. The summed E-state index contributed by atoms with van der Waals surface area (Å²) in [4.78, 5) is 11.3. The molecule has 4 aromatic rings. The van der Waals surface area contributed by atoms with Gasteiger partial charge in [-0.05, 0) is 30.2 Å². The van der Waals surface area contributed by atoms with E-state index in [1.54, 1.807) is 11.3 Å². The molecule has 25 heavy (non-hydrogen) atoms. The van der Waals surface area contributed by atoms with Gasteiger partial charge in [-0.15, -0.1) is 11.3 Å². The fourth-order valence-corrected chi connectivity index (χ4v) is 4.14. The number of nitrogens with zero attached hydrogens (tertiary/aromatic N) is 3. The second-order valence-corrected chi connectivity index (χ2v) is 6.98. The molecule has 0 saturated heterocycles. The molecule has 4 rings (SSSR count). The Morgan fingerprint density at radius 2 is 2.20 bits per heavy atom. The zero-order valence-electron chi connectivity index (χ0n) is 14.0. The van der Waals surface area contributed by atoms with Crippen LogP contribution in [-0.2, 0) is 0 Å². The first-order chi connectivity index (χ1) is 12.1. The van der Waals surface area contributed by atoms with Gasteiger partial charge in [0.25, 0.3) is 0 Å². The van der Waals surface area contributed by atoms with Crippen LogP contribution in [0.15, 0.2) is 36.5 Å². The third-order valence-electron chi connectivity index (χ3n) is 4.29. The molecular weight excluding hydrogens is 334 g/mol. The molecule has 3 aromatic heterocycles. The number of aromatic nitrogens is 3. The molecule has 0 radical (unpaired) electrons. The van der Waals surface area contributed by atoms with Crippen LogP contribution in [-0.4, -0.2) is 33.1 Å². The van der Waals surface area contributed by atoms with E-state index in [0.717, 1.165) is 43.5 Å². The molecule has 1 aromatic carbocycles. The number of aliphatic hydroxyl groups excluding tert-OH is 1. The summed E-state index contributed by atoms with van der Waals surface area (Å²) < 4.78 is 2.13. The minimum absolute atomic E-state index is 0.206. The van der Waals surface area contributed by atoms with Crippen molar-refractivity contribution in [3.05, 3.63) is 47.8 Å². The molecule has 0 aliphatic heterocycles. The van der Waals surface area contributed by atoms with E-state index in [4.69, 9.17) is 10.7 Å². The van der Waals surface area contributed by atoms with Crippen molar-refractivity contribution in [2.75, 3.05) is 18.9 Å². The van der Waals surface area contributed by atoms with Gasteiger partial charge in [0.15, 0.2) is 11.5 Å². The van der Waals surface area contributed by atoms with Gasteiger partial charge < -0.3 is 16.2 Å². The maximum absolute atomic E-state index is 10.0. The third-order valence-corrected chi connectivity index (χ3v) is 5.45. The lowest BCUT2D eigenvalue weighted by molar-refractivity contribution is 0.187. The molecule has 6 nitrogen and oxygen atoms in total. The zero-order valence-corrected chi connectivity index (χ0v) is 14.8.